The van der Waals surface area contributed by atoms with E-state index in [1.807, 2.05) is 0 Å². The van der Waals surface area contributed by atoms with Crippen LogP contribution in [0.15, 0.2) is 12.1 Å². The van der Waals surface area contributed by atoms with Gasteiger partial charge in [0.1, 0.15) is 11.5 Å². The van der Waals surface area contributed by atoms with Crippen molar-refractivity contribution in [2.75, 3.05) is 5.73 Å². The fraction of sp³-hybridized carbons (Fsp3) is 0.286. The molecule has 0 saturated carbocycles. The quantitative estimate of drug-likeness (QED) is 0.802. The molecular formula is C7H7BrF2N2. The monoisotopic (exact) mass is 236 g/mol. The van der Waals surface area contributed by atoms with Gasteiger partial charge in [-0.25, -0.2) is 13.8 Å². The summed E-state index contributed by atoms with van der Waals surface area (Å²) >= 11 is 3.15. The van der Waals surface area contributed by atoms with Gasteiger partial charge in [-0.05, 0) is 17.7 Å². The van der Waals surface area contributed by atoms with Crippen LogP contribution in [0.3, 0.4) is 0 Å². The highest BCUT2D eigenvalue weighted by Gasteiger charge is 2.09. The zero-order valence-electron chi connectivity index (χ0n) is 6.10. The fourth-order valence-electron chi connectivity index (χ4n) is 0.824. The first kappa shape index (κ1) is 9.38. The van der Waals surface area contributed by atoms with Gasteiger partial charge in [0.15, 0.2) is 0 Å². The number of alkyl halides is 3. The van der Waals surface area contributed by atoms with E-state index in [1.54, 1.807) is 6.07 Å². The molecule has 0 fully saturated rings. The molecule has 0 radical (unpaired) electrons. The molecule has 1 aromatic rings. The third kappa shape index (κ3) is 2.14. The van der Waals surface area contributed by atoms with Gasteiger partial charge < -0.3 is 5.73 Å². The van der Waals surface area contributed by atoms with Gasteiger partial charge in [-0.3, -0.25) is 0 Å². The van der Waals surface area contributed by atoms with E-state index in [2.05, 4.69) is 20.9 Å². The van der Waals surface area contributed by atoms with Crippen molar-refractivity contribution in [2.24, 2.45) is 0 Å². The molecule has 1 rings (SSSR count). The lowest BCUT2D eigenvalue weighted by Gasteiger charge is -2.02. The highest BCUT2D eigenvalue weighted by molar-refractivity contribution is 9.08. The number of halogens is 3. The first-order valence-corrected chi connectivity index (χ1v) is 4.36. The van der Waals surface area contributed by atoms with Gasteiger partial charge in [0.05, 0.1) is 0 Å². The van der Waals surface area contributed by atoms with Gasteiger partial charge in [-0.2, -0.15) is 0 Å². The Bertz CT molecular complexity index is 278. The van der Waals surface area contributed by atoms with E-state index in [4.69, 9.17) is 5.73 Å². The third-order valence-corrected chi connectivity index (χ3v) is 1.95. The van der Waals surface area contributed by atoms with Crippen LogP contribution in [0.5, 0.6) is 0 Å². The van der Waals surface area contributed by atoms with E-state index in [1.165, 1.54) is 6.07 Å². The number of nitrogens with two attached hydrogens (primary N) is 1. The van der Waals surface area contributed by atoms with Crippen molar-refractivity contribution < 1.29 is 8.78 Å². The van der Waals surface area contributed by atoms with Crippen molar-refractivity contribution in [3.63, 3.8) is 0 Å². The number of rotatable bonds is 2. The smallest absolute Gasteiger partial charge is 0.280 e. The van der Waals surface area contributed by atoms with Gasteiger partial charge in [0.25, 0.3) is 6.43 Å². The van der Waals surface area contributed by atoms with Gasteiger partial charge in [-0.1, -0.05) is 15.9 Å². The second-order valence-electron chi connectivity index (χ2n) is 2.26. The normalized spacial score (nSPS) is 10.7. The molecule has 0 bridgehead atoms. The van der Waals surface area contributed by atoms with Crippen LogP contribution in [-0.4, -0.2) is 4.98 Å². The molecule has 0 saturated heterocycles. The summed E-state index contributed by atoms with van der Waals surface area (Å²) in [5.74, 6) is 0.127. The van der Waals surface area contributed by atoms with Gasteiger partial charge >= 0.3 is 0 Å². The molecule has 5 heteroatoms. The summed E-state index contributed by atoms with van der Waals surface area (Å²) in [6.45, 7) is 0. The van der Waals surface area contributed by atoms with E-state index in [0.717, 1.165) is 0 Å². The predicted molar refractivity (Wildman–Crippen MR) is 46.2 cm³/mol. The van der Waals surface area contributed by atoms with Crippen LogP contribution in [0.2, 0.25) is 0 Å². The largest absolute Gasteiger partial charge is 0.384 e. The van der Waals surface area contributed by atoms with Crippen LogP contribution in [0.1, 0.15) is 17.7 Å². The molecule has 0 atom stereocenters. The minimum atomic E-state index is -2.56. The third-order valence-electron chi connectivity index (χ3n) is 1.30. The van der Waals surface area contributed by atoms with Crippen molar-refractivity contribution >= 4 is 21.7 Å². The van der Waals surface area contributed by atoms with Crippen molar-refractivity contribution in [1.82, 2.24) is 4.98 Å². The Morgan fingerprint density at radius 2 is 2.17 bits per heavy atom. The number of pyridine rings is 1. The molecule has 0 unspecified atom stereocenters. The first-order valence-electron chi connectivity index (χ1n) is 3.24. The Balaban J connectivity index is 3.06. The Labute approximate surface area is 76.9 Å². The second-order valence-corrected chi connectivity index (χ2v) is 2.82. The van der Waals surface area contributed by atoms with Gasteiger partial charge in [0.2, 0.25) is 0 Å². The van der Waals surface area contributed by atoms with E-state index >= 15 is 0 Å². The fourth-order valence-corrected chi connectivity index (χ4v) is 1.15. The van der Waals surface area contributed by atoms with E-state index in [9.17, 15) is 8.78 Å². The maximum atomic E-state index is 12.1. The standard InChI is InChI=1S/C7H7BrF2N2/c8-3-4-1-5(7(9)10)12-6(11)2-4/h1-2,7H,3H2,(H2,11,12). The number of aromatic nitrogens is 1. The predicted octanol–water partition coefficient (Wildman–Crippen LogP) is 2.50. The van der Waals surface area contributed by atoms with Crippen molar-refractivity contribution in [3.05, 3.63) is 23.4 Å². The molecule has 2 nitrogen and oxygen atoms in total. The van der Waals surface area contributed by atoms with Gasteiger partial charge in [-0.15, -0.1) is 0 Å². The molecule has 12 heavy (non-hydrogen) atoms. The second kappa shape index (κ2) is 3.80. The molecule has 0 aliphatic rings. The zero-order chi connectivity index (χ0) is 9.14. The van der Waals surface area contributed by atoms with E-state index < -0.39 is 6.43 Å². The topological polar surface area (TPSA) is 38.9 Å². The average molecular weight is 237 g/mol. The SMILES string of the molecule is Nc1cc(CBr)cc(C(F)F)n1. The molecule has 0 amide bonds. The van der Waals surface area contributed by atoms with Crippen LogP contribution < -0.4 is 5.73 Å². The Morgan fingerprint density at radius 1 is 1.50 bits per heavy atom. The molecule has 0 aliphatic carbocycles. The molecule has 0 spiro atoms. The lowest BCUT2D eigenvalue weighted by Crippen LogP contribution is -1.97. The summed E-state index contributed by atoms with van der Waals surface area (Å²) in [5, 5.41) is 0.499. The maximum absolute atomic E-state index is 12.1. The van der Waals surface area contributed by atoms with E-state index in [-0.39, 0.29) is 11.5 Å². The average Bonchev–Trinajstić information content (AvgIpc) is 2.03. The highest BCUT2D eigenvalue weighted by atomic mass is 79.9. The maximum Gasteiger partial charge on any atom is 0.280 e. The van der Waals surface area contributed by atoms with Crippen molar-refractivity contribution in [2.45, 2.75) is 11.8 Å². The molecule has 0 aliphatic heterocycles. The van der Waals surface area contributed by atoms with E-state index in [0.29, 0.717) is 10.9 Å². The summed E-state index contributed by atoms with van der Waals surface area (Å²) in [6, 6.07) is 2.89. The van der Waals surface area contributed by atoms with Crippen LogP contribution in [-0.2, 0) is 5.33 Å². The lowest BCUT2D eigenvalue weighted by molar-refractivity contribution is 0.146. The number of anilines is 1. The molecule has 1 heterocycles. The minimum Gasteiger partial charge on any atom is -0.384 e. The molecule has 0 aromatic carbocycles. The Kier molecular flexibility index (Phi) is 2.97. The summed E-state index contributed by atoms with van der Waals surface area (Å²) in [5.41, 5.74) is 5.74. The van der Waals surface area contributed by atoms with Crippen molar-refractivity contribution in [3.8, 4) is 0 Å². The van der Waals surface area contributed by atoms with Crippen LogP contribution in [0.25, 0.3) is 0 Å². The van der Waals surface area contributed by atoms with Crippen LogP contribution >= 0.6 is 15.9 Å². The Morgan fingerprint density at radius 3 is 2.67 bits per heavy atom. The highest BCUT2D eigenvalue weighted by Crippen LogP contribution is 2.20. The number of hydrogen-bond donors (Lipinski definition) is 1. The first-order chi connectivity index (χ1) is 5.63. The Hall–Kier alpha value is -0.710. The summed E-state index contributed by atoms with van der Waals surface area (Å²) < 4.78 is 24.3. The summed E-state index contributed by atoms with van der Waals surface area (Å²) in [6.07, 6.45) is -2.56. The number of nitrogens with zero attached hydrogens (tertiary/aromatic N) is 1. The van der Waals surface area contributed by atoms with Crippen LogP contribution in [0, 0.1) is 0 Å². The van der Waals surface area contributed by atoms with Gasteiger partial charge in [0, 0.05) is 5.33 Å². The molecular weight excluding hydrogens is 230 g/mol. The molecule has 2 N–H and O–H groups in total. The summed E-state index contributed by atoms with van der Waals surface area (Å²) in [7, 11) is 0. The zero-order valence-corrected chi connectivity index (χ0v) is 7.68. The lowest BCUT2D eigenvalue weighted by atomic mass is 10.2. The minimum absolute atomic E-state index is 0.127. The molecule has 1 aromatic heterocycles. The molecule has 66 valence electrons. The number of hydrogen-bond acceptors (Lipinski definition) is 2. The van der Waals surface area contributed by atoms with Crippen LogP contribution in [0.4, 0.5) is 14.6 Å². The summed E-state index contributed by atoms with van der Waals surface area (Å²) in [4.78, 5) is 3.49. The van der Waals surface area contributed by atoms with Crippen molar-refractivity contribution in [1.29, 1.82) is 0 Å². The number of nitrogen functional groups attached to an aromatic ring is 1.